The number of fused-ring (bicyclic) bond motifs is 1. The number of ether oxygens (including phenoxy) is 2. The van der Waals surface area contributed by atoms with Crippen LogP contribution < -0.4 is 5.73 Å². The van der Waals surface area contributed by atoms with Crippen molar-refractivity contribution in [2.24, 2.45) is 0 Å². The van der Waals surface area contributed by atoms with Crippen molar-refractivity contribution in [1.82, 2.24) is 9.78 Å². The van der Waals surface area contributed by atoms with Gasteiger partial charge in [-0.1, -0.05) is 0 Å². The van der Waals surface area contributed by atoms with Crippen LogP contribution in [0.5, 0.6) is 0 Å². The number of nitrogen functional groups attached to an aromatic ring is 1. The van der Waals surface area contributed by atoms with Gasteiger partial charge in [0.25, 0.3) is 0 Å². The first kappa shape index (κ1) is 10.9. The summed E-state index contributed by atoms with van der Waals surface area (Å²) >= 11 is 0. The van der Waals surface area contributed by atoms with Crippen LogP contribution in [0.1, 0.15) is 0 Å². The molecule has 2 N–H and O–H groups in total. The Morgan fingerprint density at radius 1 is 1.38 bits per heavy atom. The van der Waals surface area contributed by atoms with Crippen LogP contribution >= 0.6 is 0 Å². The van der Waals surface area contributed by atoms with E-state index in [9.17, 15) is 0 Å². The lowest BCUT2D eigenvalue weighted by atomic mass is 10.2. The standard InChI is InChI=1S/C11H15N3O2/c1-15-11(16-2)7-14-10-4-3-9(12)5-8(10)6-13-14/h3-6,11H,7,12H2,1-2H3. The van der Waals surface area contributed by atoms with Gasteiger partial charge >= 0.3 is 0 Å². The summed E-state index contributed by atoms with van der Waals surface area (Å²) in [5.74, 6) is 0. The number of hydrogen-bond acceptors (Lipinski definition) is 4. The molecule has 0 aliphatic carbocycles. The van der Waals surface area contributed by atoms with Gasteiger partial charge in [-0.15, -0.1) is 0 Å². The van der Waals surface area contributed by atoms with Gasteiger partial charge in [0.05, 0.1) is 18.3 Å². The minimum absolute atomic E-state index is 0.291. The maximum Gasteiger partial charge on any atom is 0.176 e. The fraction of sp³-hybridized carbons (Fsp3) is 0.364. The average Bonchev–Trinajstić information content (AvgIpc) is 2.68. The molecule has 0 bridgehead atoms. The number of aromatic nitrogens is 2. The van der Waals surface area contributed by atoms with Gasteiger partial charge in [-0.25, -0.2) is 0 Å². The SMILES string of the molecule is COC(Cn1ncc2cc(N)ccc21)OC. The van der Waals surface area contributed by atoms with Crippen molar-refractivity contribution in [3.05, 3.63) is 24.4 Å². The summed E-state index contributed by atoms with van der Waals surface area (Å²) in [7, 11) is 3.22. The second-order valence-electron chi connectivity index (χ2n) is 3.55. The Kier molecular flexibility index (Phi) is 3.07. The van der Waals surface area contributed by atoms with Crippen molar-refractivity contribution in [1.29, 1.82) is 0 Å². The molecular formula is C11H15N3O2. The first-order valence-corrected chi connectivity index (χ1v) is 5.01. The number of methoxy groups -OCH3 is 2. The molecule has 86 valence electrons. The Labute approximate surface area is 93.7 Å². The molecule has 0 aliphatic heterocycles. The molecule has 0 saturated heterocycles. The third kappa shape index (κ3) is 2.00. The molecule has 0 atom stereocenters. The van der Waals surface area contributed by atoms with Gasteiger partial charge in [-0.3, -0.25) is 4.68 Å². The maximum atomic E-state index is 5.70. The van der Waals surface area contributed by atoms with Gasteiger partial charge < -0.3 is 15.2 Å². The number of hydrogen-bond donors (Lipinski definition) is 1. The van der Waals surface area contributed by atoms with E-state index in [-0.39, 0.29) is 6.29 Å². The maximum absolute atomic E-state index is 5.70. The second kappa shape index (κ2) is 4.51. The summed E-state index contributed by atoms with van der Waals surface area (Å²) < 4.78 is 12.1. The summed E-state index contributed by atoms with van der Waals surface area (Å²) in [6.07, 6.45) is 1.49. The lowest BCUT2D eigenvalue weighted by molar-refractivity contribution is -0.111. The third-order valence-corrected chi connectivity index (χ3v) is 2.51. The van der Waals surface area contributed by atoms with Gasteiger partial charge in [0.1, 0.15) is 0 Å². The largest absolute Gasteiger partial charge is 0.399 e. The van der Waals surface area contributed by atoms with E-state index >= 15 is 0 Å². The molecule has 5 heteroatoms. The van der Waals surface area contributed by atoms with Crippen LogP contribution in [-0.4, -0.2) is 30.3 Å². The van der Waals surface area contributed by atoms with E-state index in [1.165, 1.54) is 0 Å². The molecule has 0 aliphatic rings. The van der Waals surface area contributed by atoms with E-state index in [0.29, 0.717) is 6.54 Å². The quantitative estimate of drug-likeness (QED) is 0.623. The topological polar surface area (TPSA) is 62.3 Å². The van der Waals surface area contributed by atoms with Crippen LogP contribution in [0.25, 0.3) is 10.9 Å². The van der Waals surface area contributed by atoms with Gasteiger partial charge in [0.15, 0.2) is 6.29 Å². The van der Waals surface area contributed by atoms with Crippen LogP contribution in [-0.2, 0) is 16.0 Å². The van der Waals surface area contributed by atoms with Gasteiger partial charge in [0, 0.05) is 25.3 Å². The fourth-order valence-corrected chi connectivity index (χ4v) is 1.64. The zero-order valence-electron chi connectivity index (χ0n) is 9.38. The molecule has 16 heavy (non-hydrogen) atoms. The van der Waals surface area contributed by atoms with Crippen LogP contribution in [0, 0.1) is 0 Å². The van der Waals surface area contributed by atoms with Crippen LogP contribution in [0.3, 0.4) is 0 Å². The van der Waals surface area contributed by atoms with E-state index in [4.69, 9.17) is 15.2 Å². The van der Waals surface area contributed by atoms with E-state index in [0.717, 1.165) is 16.6 Å². The monoisotopic (exact) mass is 221 g/mol. The Balaban J connectivity index is 2.31. The molecule has 1 aromatic carbocycles. The molecule has 0 fully saturated rings. The van der Waals surface area contributed by atoms with Crippen LogP contribution in [0.4, 0.5) is 5.69 Å². The van der Waals surface area contributed by atoms with Crippen LogP contribution in [0.15, 0.2) is 24.4 Å². The van der Waals surface area contributed by atoms with Crippen molar-refractivity contribution < 1.29 is 9.47 Å². The first-order valence-electron chi connectivity index (χ1n) is 5.01. The Hall–Kier alpha value is -1.59. The number of nitrogens with zero attached hydrogens (tertiary/aromatic N) is 2. The fourth-order valence-electron chi connectivity index (χ4n) is 1.64. The number of nitrogens with two attached hydrogens (primary N) is 1. The highest BCUT2D eigenvalue weighted by Gasteiger charge is 2.09. The van der Waals surface area contributed by atoms with E-state index in [2.05, 4.69) is 5.10 Å². The van der Waals surface area contributed by atoms with E-state index in [1.807, 2.05) is 22.9 Å². The summed E-state index contributed by atoms with van der Waals surface area (Å²) in [6.45, 7) is 0.556. The highest BCUT2D eigenvalue weighted by molar-refractivity contribution is 5.81. The van der Waals surface area contributed by atoms with Crippen molar-refractivity contribution in [2.45, 2.75) is 12.8 Å². The molecule has 5 nitrogen and oxygen atoms in total. The van der Waals surface area contributed by atoms with E-state index in [1.54, 1.807) is 20.4 Å². The summed E-state index contributed by atoms with van der Waals surface area (Å²) in [4.78, 5) is 0. The van der Waals surface area contributed by atoms with Crippen molar-refractivity contribution >= 4 is 16.6 Å². The molecule has 0 spiro atoms. The molecule has 1 heterocycles. The molecule has 1 aromatic heterocycles. The minimum Gasteiger partial charge on any atom is -0.399 e. The lowest BCUT2D eigenvalue weighted by Gasteiger charge is -2.13. The molecule has 0 amide bonds. The molecule has 2 aromatic rings. The van der Waals surface area contributed by atoms with Gasteiger partial charge in [-0.05, 0) is 18.2 Å². The third-order valence-electron chi connectivity index (χ3n) is 2.51. The van der Waals surface area contributed by atoms with E-state index < -0.39 is 0 Å². The Morgan fingerprint density at radius 2 is 2.12 bits per heavy atom. The Morgan fingerprint density at radius 3 is 2.81 bits per heavy atom. The molecule has 0 radical (unpaired) electrons. The summed E-state index contributed by atoms with van der Waals surface area (Å²) in [5, 5.41) is 5.29. The van der Waals surface area contributed by atoms with Gasteiger partial charge in [0.2, 0.25) is 0 Å². The van der Waals surface area contributed by atoms with Crippen molar-refractivity contribution in [3.8, 4) is 0 Å². The predicted molar refractivity (Wildman–Crippen MR) is 62.0 cm³/mol. The average molecular weight is 221 g/mol. The smallest absolute Gasteiger partial charge is 0.176 e. The predicted octanol–water partition coefficient (Wildman–Crippen LogP) is 1.24. The zero-order chi connectivity index (χ0) is 11.5. The highest BCUT2D eigenvalue weighted by Crippen LogP contribution is 2.17. The molecule has 0 unspecified atom stereocenters. The Bertz CT molecular complexity index is 477. The number of benzene rings is 1. The zero-order valence-corrected chi connectivity index (χ0v) is 9.38. The lowest BCUT2D eigenvalue weighted by Crippen LogP contribution is -2.21. The van der Waals surface area contributed by atoms with Gasteiger partial charge in [-0.2, -0.15) is 5.10 Å². The van der Waals surface area contributed by atoms with Crippen molar-refractivity contribution in [3.63, 3.8) is 0 Å². The molecular weight excluding hydrogens is 206 g/mol. The minimum atomic E-state index is -0.291. The summed E-state index contributed by atoms with van der Waals surface area (Å²) in [6, 6.07) is 5.70. The van der Waals surface area contributed by atoms with Crippen LogP contribution in [0.2, 0.25) is 0 Å². The normalized spacial score (nSPS) is 11.4. The number of rotatable bonds is 4. The molecule has 2 rings (SSSR count). The molecule has 0 saturated carbocycles. The summed E-state index contributed by atoms with van der Waals surface area (Å²) in [5.41, 5.74) is 7.46. The highest BCUT2D eigenvalue weighted by atomic mass is 16.7. The van der Waals surface area contributed by atoms with Crippen molar-refractivity contribution in [2.75, 3.05) is 20.0 Å². The second-order valence-corrected chi connectivity index (χ2v) is 3.55. The number of anilines is 1. The first-order chi connectivity index (χ1) is 7.74.